The van der Waals surface area contributed by atoms with Crippen molar-refractivity contribution in [2.24, 2.45) is 0 Å². The normalized spacial score (nSPS) is 10.7. The van der Waals surface area contributed by atoms with Gasteiger partial charge in [-0.2, -0.15) is 0 Å². The maximum Gasteiger partial charge on any atom is 0.266 e. The Bertz CT molecular complexity index is 1320. The molecular weight excluding hydrogens is 426 g/mol. The summed E-state index contributed by atoms with van der Waals surface area (Å²) in [7, 11) is 3.09. The van der Waals surface area contributed by atoms with E-state index in [1.165, 1.54) is 23.4 Å². The average molecular weight is 448 g/mol. The van der Waals surface area contributed by atoms with Crippen molar-refractivity contribution < 1.29 is 14.3 Å². The van der Waals surface area contributed by atoms with E-state index in [2.05, 4.69) is 10.3 Å². The molecule has 32 heavy (non-hydrogen) atoms. The smallest absolute Gasteiger partial charge is 0.266 e. The zero-order valence-corrected chi connectivity index (χ0v) is 18.4. The first-order valence-corrected chi connectivity index (χ1v) is 10.8. The summed E-state index contributed by atoms with van der Waals surface area (Å²) in [6, 6.07) is 21.6. The lowest BCUT2D eigenvalue weighted by molar-refractivity contribution is -0.113. The van der Waals surface area contributed by atoms with Crippen molar-refractivity contribution in [3.05, 3.63) is 83.2 Å². The van der Waals surface area contributed by atoms with E-state index in [-0.39, 0.29) is 17.2 Å². The molecule has 1 aromatic heterocycles. The maximum absolute atomic E-state index is 13.2. The molecule has 162 valence electrons. The summed E-state index contributed by atoms with van der Waals surface area (Å²) < 4.78 is 12.1. The second-order valence-electron chi connectivity index (χ2n) is 6.79. The lowest BCUT2D eigenvalue weighted by atomic mass is 10.2. The SMILES string of the molecule is COc1ccc(NC(=O)CSc2nc3ccccc3c(=O)n2-c2ccccc2)c(OC)c1. The highest BCUT2D eigenvalue weighted by atomic mass is 32.2. The fourth-order valence-electron chi connectivity index (χ4n) is 3.23. The van der Waals surface area contributed by atoms with Crippen LogP contribution >= 0.6 is 11.8 Å². The first kappa shape index (κ1) is 21.5. The van der Waals surface area contributed by atoms with E-state index in [1.54, 1.807) is 37.4 Å². The lowest BCUT2D eigenvalue weighted by Gasteiger charge is -2.14. The zero-order chi connectivity index (χ0) is 22.5. The molecule has 0 radical (unpaired) electrons. The molecule has 0 fully saturated rings. The van der Waals surface area contributed by atoms with Crippen molar-refractivity contribution in [3.8, 4) is 17.2 Å². The van der Waals surface area contributed by atoms with Crippen LogP contribution in [-0.2, 0) is 4.79 Å². The number of hydrogen-bond donors (Lipinski definition) is 1. The number of anilines is 1. The minimum atomic E-state index is -0.250. The van der Waals surface area contributed by atoms with E-state index < -0.39 is 0 Å². The molecule has 0 saturated heterocycles. The van der Waals surface area contributed by atoms with Crippen LogP contribution in [-0.4, -0.2) is 35.4 Å². The predicted octanol–water partition coefficient (Wildman–Crippen LogP) is 4.13. The molecule has 4 aromatic rings. The van der Waals surface area contributed by atoms with Crippen LogP contribution in [0.4, 0.5) is 5.69 Å². The molecule has 4 rings (SSSR count). The minimum Gasteiger partial charge on any atom is -0.497 e. The summed E-state index contributed by atoms with van der Waals surface area (Å²) in [6.07, 6.45) is 0. The van der Waals surface area contributed by atoms with E-state index in [9.17, 15) is 9.59 Å². The summed E-state index contributed by atoms with van der Waals surface area (Å²) in [4.78, 5) is 30.5. The van der Waals surface area contributed by atoms with Gasteiger partial charge >= 0.3 is 0 Å². The fourth-order valence-corrected chi connectivity index (χ4v) is 4.04. The second-order valence-corrected chi connectivity index (χ2v) is 7.73. The third kappa shape index (κ3) is 4.45. The molecule has 7 nitrogen and oxygen atoms in total. The van der Waals surface area contributed by atoms with Crippen LogP contribution in [0.1, 0.15) is 0 Å². The number of carbonyl (C=O) groups excluding carboxylic acids is 1. The number of fused-ring (bicyclic) bond motifs is 1. The number of nitrogens with zero attached hydrogens (tertiary/aromatic N) is 2. The van der Waals surface area contributed by atoms with Crippen LogP contribution in [0, 0.1) is 0 Å². The third-order valence-corrected chi connectivity index (χ3v) is 5.71. The van der Waals surface area contributed by atoms with Crippen LogP contribution in [0.3, 0.4) is 0 Å². The van der Waals surface area contributed by atoms with Gasteiger partial charge in [-0.3, -0.25) is 14.2 Å². The van der Waals surface area contributed by atoms with Crippen LogP contribution in [0.25, 0.3) is 16.6 Å². The quantitative estimate of drug-likeness (QED) is 0.339. The van der Waals surface area contributed by atoms with Crippen LogP contribution in [0.2, 0.25) is 0 Å². The van der Waals surface area contributed by atoms with Gasteiger partial charge in [0.25, 0.3) is 5.56 Å². The van der Waals surface area contributed by atoms with Crippen LogP contribution in [0.5, 0.6) is 11.5 Å². The number of thioether (sulfide) groups is 1. The monoisotopic (exact) mass is 447 g/mol. The van der Waals surface area contributed by atoms with E-state index >= 15 is 0 Å². The van der Waals surface area contributed by atoms with Crippen molar-refractivity contribution in [1.29, 1.82) is 0 Å². The number of amides is 1. The van der Waals surface area contributed by atoms with Crippen molar-refractivity contribution in [3.63, 3.8) is 0 Å². The Kier molecular flexibility index (Phi) is 6.42. The van der Waals surface area contributed by atoms with E-state index in [1.807, 2.05) is 42.5 Å². The van der Waals surface area contributed by atoms with E-state index in [0.717, 1.165) is 0 Å². The lowest BCUT2D eigenvalue weighted by Crippen LogP contribution is -2.23. The summed E-state index contributed by atoms with van der Waals surface area (Å²) in [5.41, 5.74) is 1.63. The van der Waals surface area contributed by atoms with Gasteiger partial charge in [0.1, 0.15) is 11.5 Å². The molecule has 1 N–H and O–H groups in total. The summed E-state index contributed by atoms with van der Waals surface area (Å²) in [5.74, 6) is 0.932. The van der Waals surface area contributed by atoms with Gasteiger partial charge in [-0.15, -0.1) is 0 Å². The number of carbonyl (C=O) groups is 1. The largest absolute Gasteiger partial charge is 0.497 e. The highest BCUT2D eigenvalue weighted by Crippen LogP contribution is 2.29. The van der Waals surface area contributed by atoms with Crippen LogP contribution < -0.4 is 20.3 Å². The van der Waals surface area contributed by atoms with E-state index in [0.29, 0.717) is 38.9 Å². The van der Waals surface area contributed by atoms with Crippen molar-refractivity contribution in [2.75, 3.05) is 25.3 Å². The Morgan fingerprint density at radius 1 is 1.00 bits per heavy atom. The molecule has 1 heterocycles. The molecule has 0 bridgehead atoms. The topological polar surface area (TPSA) is 82.5 Å². The number of rotatable bonds is 7. The van der Waals surface area contributed by atoms with Crippen molar-refractivity contribution in [1.82, 2.24) is 9.55 Å². The van der Waals surface area contributed by atoms with Gasteiger partial charge in [-0.25, -0.2) is 4.98 Å². The molecule has 0 aliphatic rings. The maximum atomic E-state index is 13.2. The highest BCUT2D eigenvalue weighted by Gasteiger charge is 2.15. The highest BCUT2D eigenvalue weighted by molar-refractivity contribution is 7.99. The van der Waals surface area contributed by atoms with Gasteiger partial charge in [-0.05, 0) is 36.4 Å². The Labute approximate surface area is 189 Å². The first-order chi connectivity index (χ1) is 15.6. The number of ether oxygens (including phenoxy) is 2. The predicted molar refractivity (Wildman–Crippen MR) is 126 cm³/mol. The Morgan fingerprint density at radius 3 is 2.50 bits per heavy atom. The molecule has 0 saturated carbocycles. The molecule has 3 aromatic carbocycles. The average Bonchev–Trinajstić information content (AvgIpc) is 2.83. The number of para-hydroxylation sites is 2. The van der Waals surface area contributed by atoms with Gasteiger partial charge in [0.05, 0.1) is 42.3 Å². The number of methoxy groups -OCH3 is 2. The first-order valence-electron chi connectivity index (χ1n) is 9.82. The summed E-state index contributed by atoms with van der Waals surface area (Å²) in [6.45, 7) is 0. The van der Waals surface area contributed by atoms with Gasteiger partial charge < -0.3 is 14.8 Å². The molecular formula is C24H21N3O4S. The molecule has 0 spiro atoms. The molecule has 0 unspecified atom stereocenters. The standard InChI is InChI=1S/C24H21N3O4S/c1-30-17-12-13-20(21(14-17)31-2)25-22(28)15-32-24-26-19-11-7-6-10-18(19)23(29)27(24)16-8-4-3-5-9-16/h3-14H,15H2,1-2H3,(H,25,28). The van der Waals surface area contributed by atoms with Crippen molar-refractivity contribution >= 4 is 34.3 Å². The van der Waals surface area contributed by atoms with Gasteiger partial charge in [0, 0.05) is 6.07 Å². The molecule has 0 aliphatic heterocycles. The van der Waals surface area contributed by atoms with E-state index in [4.69, 9.17) is 9.47 Å². The van der Waals surface area contributed by atoms with Crippen molar-refractivity contribution in [2.45, 2.75) is 5.16 Å². The molecule has 0 aliphatic carbocycles. The third-order valence-electron chi connectivity index (χ3n) is 4.77. The van der Waals surface area contributed by atoms with Gasteiger partial charge in [0.15, 0.2) is 5.16 Å². The Hall–Kier alpha value is -3.78. The zero-order valence-electron chi connectivity index (χ0n) is 17.6. The van der Waals surface area contributed by atoms with Gasteiger partial charge in [0.2, 0.25) is 5.91 Å². The van der Waals surface area contributed by atoms with Gasteiger partial charge in [-0.1, -0.05) is 42.1 Å². The van der Waals surface area contributed by atoms with Crippen LogP contribution in [0.15, 0.2) is 82.7 Å². The summed E-state index contributed by atoms with van der Waals surface area (Å²) >= 11 is 1.19. The molecule has 0 atom stereocenters. The molecule has 8 heteroatoms. The Morgan fingerprint density at radius 2 is 1.75 bits per heavy atom. The number of aromatic nitrogens is 2. The minimum absolute atomic E-state index is 0.0623. The number of hydrogen-bond acceptors (Lipinski definition) is 6. The second kappa shape index (κ2) is 9.57. The Balaban J connectivity index is 1.62. The fraction of sp³-hybridized carbons (Fsp3) is 0.125. The number of benzene rings is 3. The number of nitrogens with one attached hydrogen (secondary N) is 1. The summed E-state index contributed by atoms with van der Waals surface area (Å²) in [5, 5.41) is 3.80. The molecule has 1 amide bonds.